The molecule has 0 unspecified atom stereocenters. The maximum atomic E-state index is 12.9. The van der Waals surface area contributed by atoms with Crippen molar-refractivity contribution < 1.29 is 18.7 Å². The van der Waals surface area contributed by atoms with Gasteiger partial charge in [-0.1, -0.05) is 18.2 Å². The number of hydrogen-bond acceptors (Lipinski definition) is 4. The van der Waals surface area contributed by atoms with Crippen molar-refractivity contribution in [1.29, 1.82) is 0 Å². The maximum absolute atomic E-state index is 12.9. The second-order valence-electron chi connectivity index (χ2n) is 6.82. The molecule has 0 bridgehead atoms. The molecule has 8 heteroatoms. The number of aryl methyl sites for hydroxylation is 1. The number of amides is 2. The third-order valence-corrected chi connectivity index (χ3v) is 4.60. The van der Waals surface area contributed by atoms with E-state index in [9.17, 15) is 14.0 Å². The predicted molar refractivity (Wildman–Crippen MR) is 110 cm³/mol. The Labute approximate surface area is 173 Å². The van der Waals surface area contributed by atoms with E-state index in [0.717, 1.165) is 22.6 Å². The number of hydrogen-bond donors (Lipinski definition) is 2. The zero-order chi connectivity index (χ0) is 21.7. The number of hydrazine groups is 1. The lowest BCUT2D eigenvalue weighted by Gasteiger charge is -2.15. The Balaban J connectivity index is 1.56. The van der Waals surface area contributed by atoms with Gasteiger partial charge in [0.25, 0.3) is 5.91 Å². The van der Waals surface area contributed by atoms with E-state index in [1.54, 1.807) is 4.68 Å². The first-order valence-electron chi connectivity index (χ1n) is 9.46. The van der Waals surface area contributed by atoms with Gasteiger partial charge in [-0.05, 0) is 57.2 Å². The van der Waals surface area contributed by atoms with E-state index in [0.29, 0.717) is 5.75 Å². The fourth-order valence-electron chi connectivity index (χ4n) is 2.96. The molecule has 0 spiro atoms. The van der Waals surface area contributed by atoms with Crippen LogP contribution in [0.1, 0.15) is 23.9 Å². The maximum Gasteiger partial charge on any atom is 0.279 e. The number of ether oxygens (including phenoxy) is 1. The van der Waals surface area contributed by atoms with Crippen molar-refractivity contribution in [1.82, 2.24) is 20.6 Å². The second kappa shape index (κ2) is 9.21. The lowest BCUT2D eigenvalue weighted by molar-refractivity contribution is -0.132. The first-order chi connectivity index (χ1) is 14.3. The third-order valence-electron chi connectivity index (χ3n) is 4.60. The number of carbonyl (C=O) groups is 2. The minimum Gasteiger partial charge on any atom is -0.481 e. The molecule has 3 aromatic rings. The molecule has 1 atom stereocenters. The van der Waals surface area contributed by atoms with Gasteiger partial charge in [0.1, 0.15) is 11.6 Å². The van der Waals surface area contributed by atoms with E-state index in [1.165, 1.54) is 31.2 Å². The van der Waals surface area contributed by atoms with Gasteiger partial charge in [0, 0.05) is 11.3 Å². The van der Waals surface area contributed by atoms with Gasteiger partial charge in [-0.25, -0.2) is 9.07 Å². The van der Waals surface area contributed by atoms with E-state index in [4.69, 9.17) is 4.74 Å². The highest BCUT2D eigenvalue weighted by molar-refractivity contribution is 5.85. The van der Waals surface area contributed by atoms with E-state index in [-0.39, 0.29) is 12.3 Å². The normalized spacial score (nSPS) is 11.6. The molecule has 0 aliphatic carbocycles. The number of aromatic nitrogens is 2. The number of halogens is 1. The van der Waals surface area contributed by atoms with Crippen LogP contribution in [0.4, 0.5) is 4.39 Å². The van der Waals surface area contributed by atoms with Gasteiger partial charge in [-0.2, -0.15) is 5.10 Å². The molecule has 0 saturated carbocycles. The van der Waals surface area contributed by atoms with Crippen molar-refractivity contribution in [3.8, 4) is 11.4 Å². The lowest BCUT2D eigenvalue weighted by atomic mass is 10.1. The molecule has 0 aliphatic rings. The molecule has 3 rings (SSSR count). The number of carbonyl (C=O) groups excluding carboxylic acids is 2. The van der Waals surface area contributed by atoms with Gasteiger partial charge in [0.2, 0.25) is 5.91 Å². The van der Waals surface area contributed by atoms with Crippen LogP contribution in [0, 0.1) is 19.7 Å². The van der Waals surface area contributed by atoms with Crippen LogP contribution in [0.3, 0.4) is 0 Å². The van der Waals surface area contributed by atoms with Crippen LogP contribution >= 0.6 is 0 Å². The van der Waals surface area contributed by atoms with Crippen molar-refractivity contribution in [2.45, 2.75) is 33.3 Å². The summed E-state index contributed by atoms with van der Waals surface area (Å²) >= 11 is 0. The van der Waals surface area contributed by atoms with Gasteiger partial charge >= 0.3 is 0 Å². The topological polar surface area (TPSA) is 85.3 Å². The molecule has 1 aromatic heterocycles. The average molecular weight is 410 g/mol. The van der Waals surface area contributed by atoms with E-state index in [2.05, 4.69) is 16.0 Å². The highest BCUT2D eigenvalue weighted by Crippen LogP contribution is 2.18. The van der Waals surface area contributed by atoms with Crippen molar-refractivity contribution in [2.24, 2.45) is 0 Å². The van der Waals surface area contributed by atoms with Gasteiger partial charge in [0.15, 0.2) is 6.10 Å². The van der Waals surface area contributed by atoms with Crippen LogP contribution in [0.15, 0.2) is 54.6 Å². The number of para-hydroxylation sites is 1. The molecule has 0 radical (unpaired) electrons. The minimum absolute atomic E-state index is 0.0674. The summed E-state index contributed by atoms with van der Waals surface area (Å²) in [5.41, 5.74) is 8.04. The van der Waals surface area contributed by atoms with Gasteiger partial charge in [-0.3, -0.25) is 20.4 Å². The molecule has 0 saturated heterocycles. The summed E-state index contributed by atoms with van der Waals surface area (Å²) in [5, 5.41) is 4.51. The number of nitrogens with zero attached hydrogens (tertiary/aromatic N) is 2. The van der Waals surface area contributed by atoms with E-state index in [1.807, 2.05) is 44.2 Å². The van der Waals surface area contributed by atoms with Crippen LogP contribution in [-0.4, -0.2) is 27.7 Å². The zero-order valence-corrected chi connectivity index (χ0v) is 17.0. The van der Waals surface area contributed by atoms with Crippen molar-refractivity contribution in [2.75, 3.05) is 0 Å². The molecular formula is C22H23FN4O3. The van der Waals surface area contributed by atoms with Crippen LogP contribution < -0.4 is 15.6 Å². The minimum atomic E-state index is -0.875. The fourth-order valence-corrected chi connectivity index (χ4v) is 2.96. The summed E-state index contributed by atoms with van der Waals surface area (Å²) in [6, 6.07) is 15.0. The van der Waals surface area contributed by atoms with E-state index < -0.39 is 17.8 Å². The van der Waals surface area contributed by atoms with Gasteiger partial charge < -0.3 is 4.74 Å². The highest BCUT2D eigenvalue weighted by atomic mass is 19.1. The Kier molecular flexibility index (Phi) is 6.46. The summed E-state index contributed by atoms with van der Waals surface area (Å²) in [6.07, 6.45) is -0.807. The molecule has 0 fully saturated rings. The van der Waals surface area contributed by atoms with Gasteiger partial charge in [-0.15, -0.1) is 0 Å². The molecule has 2 N–H and O–H groups in total. The summed E-state index contributed by atoms with van der Waals surface area (Å²) in [4.78, 5) is 24.5. The van der Waals surface area contributed by atoms with E-state index >= 15 is 0 Å². The van der Waals surface area contributed by atoms with Crippen LogP contribution in [0.5, 0.6) is 5.75 Å². The second-order valence-corrected chi connectivity index (χ2v) is 6.82. The summed E-state index contributed by atoms with van der Waals surface area (Å²) in [6.45, 7) is 5.27. The van der Waals surface area contributed by atoms with Crippen molar-refractivity contribution in [3.05, 3.63) is 77.4 Å². The quantitative estimate of drug-likeness (QED) is 0.612. The highest BCUT2D eigenvalue weighted by Gasteiger charge is 2.18. The smallest absolute Gasteiger partial charge is 0.279 e. The molecule has 2 aromatic carbocycles. The van der Waals surface area contributed by atoms with Crippen LogP contribution in [0.2, 0.25) is 0 Å². The monoisotopic (exact) mass is 410 g/mol. The molecular weight excluding hydrogens is 387 g/mol. The van der Waals surface area contributed by atoms with Crippen LogP contribution in [-0.2, 0) is 16.0 Å². The number of rotatable bonds is 6. The Morgan fingerprint density at radius 1 is 1.07 bits per heavy atom. The molecule has 1 heterocycles. The lowest BCUT2D eigenvalue weighted by Crippen LogP contribution is -2.47. The SMILES string of the molecule is Cc1nn(-c2ccccc2)c(C)c1CC(=O)NNC(=O)[C@H](C)Oc1ccc(F)cc1. The first kappa shape index (κ1) is 21.0. The molecule has 7 nitrogen and oxygen atoms in total. The summed E-state index contributed by atoms with van der Waals surface area (Å²) < 4.78 is 20.2. The summed E-state index contributed by atoms with van der Waals surface area (Å²) in [5.74, 6) is -0.949. The number of benzene rings is 2. The Morgan fingerprint density at radius 2 is 1.73 bits per heavy atom. The molecule has 0 aliphatic heterocycles. The number of nitrogens with one attached hydrogen (secondary N) is 2. The largest absolute Gasteiger partial charge is 0.481 e. The standard InChI is InChI=1S/C22H23FN4O3/c1-14-20(15(2)27(26-14)18-7-5-4-6-8-18)13-21(28)24-25-22(29)16(3)30-19-11-9-17(23)10-12-19/h4-12,16H,13H2,1-3H3,(H,24,28)(H,25,29)/t16-/m0/s1. The first-order valence-corrected chi connectivity index (χ1v) is 9.46. The average Bonchev–Trinajstić information content (AvgIpc) is 3.02. The third kappa shape index (κ3) is 5.02. The molecule has 30 heavy (non-hydrogen) atoms. The molecule has 156 valence electrons. The Hall–Kier alpha value is -3.68. The fraction of sp³-hybridized carbons (Fsp3) is 0.227. The Morgan fingerprint density at radius 3 is 2.40 bits per heavy atom. The van der Waals surface area contributed by atoms with Crippen molar-refractivity contribution >= 4 is 11.8 Å². The van der Waals surface area contributed by atoms with Crippen molar-refractivity contribution in [3.63, 3.8) is 0 Å². The summed E-state index contributed by atoms with van der Waals surface area (Å²) in [7, 11) is 0. The van der Waals surface area contributed by atoms with Crippen LogP contribution in [0.25, 0.3) is 5.69 Å². The Bertz CT molecular complexity index is 1030. The zero-order valence-electron chi connectivity index (χ0n) is 17.0. The molecule has 2 amide bonds. The predicted octanol–water partition coefficient (Wildman–Crippen LogP) is 2.79. The van der Waals surface area contributed by atoms with Gasteiger partial charge in [0.05, 0.1) is 17.8 Å².